The smallest absolute Gasteiger partial charge is 0.311 e. The number of nitro groups is 1. The van der Waals surface area contributed by atoms with E-state index in [9.17, 15) is 14.9 Å². The van der Waals surface area contributed by atoms with Crippen LogP contribution in [0.5, 0.6) is 0 Å². The third-order valence-corrected chi connectivity index (χ3v) is 2.61. The maximum Gasteiger partial charge on any atom is 0.311 e. The van der Waals surface area contributed by atoms with Crippen molar-refractivity contribution in [1.82, 2.24) is 15.3 Å². The number of hydrogen-bond acceptors (Lipinski definition) is 6. The quantitative estimate of drug-likeness (QED) is 0.469. The lowest BCUT2D eigenvalue weighted by molar-refractivity contribution is -0.384. The molecule has 0 bridgehead atoms. The van der Waals surface area contributed by atoms with E-state index in [1.165, 1.54) is 24.5 Å². The first-order valence-corrected chi connectivity index (χ1v) is 6.20. The molecule has 0 aliphatic heterocycles. The minimum atomic E-state index is -0.510. The van der Waals surface area contributed by atoms with Gasteiger partial charge in [-0.15, -0.1) is 0 Å². The Morgan fingerprint density at radius 1 is 1.24 bits per heavy atom. The molecule has 2 aromatic heterocycles. The molecule has 21 heavy (non-hydrogen) atoms. The summed E-state index contributed by atoms with van der Waals surface area (Å²) in [5.74, 6) is -0.0708. The van der Waals surface area contributed by atoms with Crippen molar-refractivity contribution in [3.8, 4) is 0 Å². The van der Waals surface area contributed by atoms with Crippen LogP contribution in [0.3, 0.4) is 0 Å². The third kappa shape index (κ3) is 3.96. The molecular formula is C13H13N5O3. The first-order chi connectivity index (χ1) is 10.2. The molecule has 2 aromatic rings. The first-order valence-electron chi connectivity index (χ1n) is 6.20. The van der Waals surface area contributed by atoms with Crippen LogP contribution in [-0.4, -0.2) is 33.9 Å². The van der Waals surface area contributed by atoms with Crippen molar-refractivity contribution in [3.05, 3.63) is 58.5 Å². The van der Waals surface area contributed by atoms with E-state index in [1.807, 2.05) is 0 Å². The summed E-state index contributed by atoms with van der Waals surface area (Å²) >= 11 is 0. The van der Waals surface area contributed by atoms with Crippen LogP contribution in [-0.2, 0) is 0 Å². The predicted molar refractivity (Wildman–Crippen MR) is 76.0 cm³/mol. The van der Waals surface area contributed by atoms with Crippen molar-refractivity contribution in [2.75, 3.05) is 18.4 Å². The Balaban J connectivity index is 1.83. The Morgan fingerprint density at radius 2 is 2.05 bits per heavy atom. The van der Waals surface area contributed by atoms with Gasteiger partial charge in [0.2, 0.25) is 5.82 Å². The van der Waals surface area contributed by atoms with Crippen LogP contribution < -0.4 is 10.6 Å². The fraction of sp³-hybridized carbons (Fsp3) is 0.154. The van der Waals surface area contributed by atoms with E-state index in [-0.39, 0.29) is 17.4 Å². The number of anilines is 1. The Labute approximate surface area is 120 Å². The number of nitrogens with zero attached hydrogens (tertiary/aromatic N) is 3. The number of rotatable bonds is 6. The van der Waals surface area contributed by atoms with Gasteiger partial charge in [-0.1, -0.05) is 0 Å². The maximum absolute atomic E-state index is 11.7. The summed E-state index contributed by atoms with van der Waals surface area (Å²) in [5.41, 5.74) is 0.359. The summed E-state index contributed by atoms with van der Waals surface area (Å²) in [6, 6.07) is 6.18. The van der Waals surface area contributed by atoms with Crippen molar-refractivity contribution in [3.63, 3.8) is 0 Å². The zero-order valence-electron chi connectivity index (χ0n) is 11.0. The van der Waals surface area contributed by atoms with Gasteiger partial charge in [-0.2, -0.15) is 0 Å². The minimum Gasteiger partial charge on any atom is -0.363 e. The molecule has 0 spiro atoms. The van der Waals surface area contributed by atoms with Crippen LogP contribution in [0.15, 0.2) is 42.9 Å². The second kappa shape index (κ2) is 6.94. The average molecular weight is 287 g/mol. The second-order valence-electron chi connectivity index (χ2n) is 4.05. The Morgan fingerprint density at radius 3 is 2.76 bits per heavy atom. The van der Waals surface area contributed by atoms with Gasteiger partial charge in [-0.05, 0) is 18.2 Å². The van der Waals surface area contributed by atoms with Gasteiger partial charge in [0.25, 0.3) is 5.91 Å². The highest BCUT2D eigenvalue weighted by Crippen LogP contribution is 2.19. The number of pyridine rings is 2. The zero-order chi connectivity index (χ0) is 15.1. The Bertz CT molecular complexity index is 633. The molecular weight excluding hydrogens is 274 g/mol. The topological polar surface area (TPSA) is 110 Å². The summed E-state index contributed by atoms with van der Waals surface area (Å²) in [7, 11) is 0. The van der Waals surface area contributed by atoms with Gasteiger partial charge in [0.15, 0.2) is 0 Å². The number of carbonyl (C=O) groups excluding carboxylic acids is 1. The first kappa shape index (κ1) is 14.4. The fourth-order valence-corrected chi connectivity index (χ4v) is 1.64. The lowest BCUT2D eigenvalue weighted by Gasteiger charge is -2.07. The van der Waals surface area contributed by atoms with Gasteiger partial charge in [-0.3, -0.25) is 19.9 Å². The van der Waals surface area contributed by atoms with Crippen LogP contribution in [0.1, 0.15) is 10.4 Å². The van der Waals surface area contributed by atoms with Crippen LogP contribution in [0.25, 0.3) is 0 Å². The Hall–Kier alpha value is -3.03. The van der Waals surface area contributed by atoms with E-state index >= 15 is 0 Å². The molecule has 0 radical (unpaired) electrons. The van der Waals surface area contributed by atoms with Crippen molar-refractivity contribution in [2.45, 2.75) is 0 Å². The van der Waals surface area contributed by atoms with Gasteiger partial charge in [0.1, 0.15) is 0 Å². The number of amides is 1. The van der Waals surface area contributed by atoms with Gasteiger partial charge in [0, 0.05) is 37.7 Å². The number of hydrogen-bond donors (Lipinski definition) is 2. The number of aromatic nitrogens is 2. The van der Waals surface area contributed by atoms with Crippen molar-refractivity contribution >= 4 is 17.4 Å². The standard InChI is InChI=1S/C13H13N5O3/c19-13(10-3-1-5-14-9-10)17-8-7-16-12-11(18(20)21)4-2-6-15-12/h1-6,9H,7-8H2,(H,15,16)(H,17,19). The molecule has 2 rings (SSSR count). The molecule has 0 fully saturated rings. The molecule has 0 saturated heterocycles. The summed E-state index contributed by atoms with van der Waals surface area (Å²) < 4.78 is 0. The van der Waals surface area contributed by atoms with Crippen molar-refractivity contribution < 1.29 is 9.72 Å². The van der Waals surface area contributed by atoms with E-state index < -0.39 is 4.92 Å². The molecule has 8 heteroatoms. The lowest BCUT2D eigenvalue weighted by atomic mass is 10.3. The predicted octanol–water partition coefficient (Wildman–Crippen LogP) is 1.23. The van der Waals surface area contributed by atoms with E-state index in [0.717, 1.165) is 0 Å². The normalized spacial score (nSPS) is 9.90. The van der Waals surface area contributed by atoms with Gasteiger partial charge in [-0.25, -0.2) is 4.98 Å². The van der Waals surface area contributed by atoms with Crippen LogP contribution >= 0.6 is 0 Å². The van der Waals surface area contributed by atoms with Crippen LogP contribution in [0.2, 0.25) is 0 Å². The van der Waals surface area contributed by atoms with Crippen molar-refractivity contribution in [2.24, 2.45) is 0 Å². The maximum atomic E-state index is 11.7. The molecule has 0 unspecified atom stereocenters. The lowest BCUT2D eigenvalue weighted by Crippen LogP contribution is -2.29. The molecule has 1 amide bonds. The summed E-state index contributed by atoms with van der Waals surface area (Å²) in [5, 5.41) is 16.3. The monoisotopic (exact) mass is 287 g/mol. The molecule has 108 valence electrons. The molecule has 0 aliphatic carbocycles. The van der Waals surface area contributed by atoms with E-state index in [2.05, 4.69) is 20.6 Å². The molecule has 0 saturated carbocycles. The SMILES string of the molecule is O=C(NCCNc1ncccc1[N+](=O)[O-])c1cccnc1. The Kier molecular flexibility index (Phi) is 4.75. The third-order valence-electron chi connectivity index (χ3n) is 2.61. The summed E-state index contributed by atoms with van der Waals surface area (Å²) in [6.07, 6.45) is 4.51. The highest BCUT2D eigenvalue weighted by molar-refractivity contribution is 5.93. The zero-order valence-corrected chi connectivity index (χ0v) is 11.0. The molecule has 0 atom stereocenters. The van der Waals surface area contributed by atoms with Crippen LogP contribution in [0, 0.1) is 10.1 Å². The van der Waals surface area contributed by atoms with Gasteiger partial charge < -0.3 is 10.6 Å². The highest BCUT2D eigenvalue weighted by Gasteiger charge is 2.13. The molecule has 0 aliphatic rings. The molecule has 2 N–H and O–H groups in total. The molecule has 0 aromatic carbocycles. The summed E-state index contributed by atoms with van der Waals surface area (Å²) in [4.78, 5) is 29.8. The highest BCUT2D eigenvalue weighted by atomic mass is 16.6. The fourth-order valence-electron chi connectivity index (χ4n) is 1.64. The molecule has 2 heterocycles. The van der Waals surface area contributed by atoms with E-state index in [0.29, 0.717) is 18.7 Å². The van der Waals surface area contributed by atoms with Crippen LogP contribution in [0.4, 0.5) is 11.5 Å². The van der Waals surface area contributed by atoms with E-state index in [4.69, 9.17) is 0 Å². The largest absolute Gasteiger partial charge is 0.363 e. The average Bonchev–Trinajstić information content (AvgIpc) is 2.52. The minimum absolute atomic E-state index is 0.101. The molecule has 8 nitrogen and oxygen atoms in total. The second-order valence-corrected chi connectivity index (χ2v) is 4.05. The summed E-state index contributed by atoms with van der Waals surface area (Å²) in [6.45, 7) is 0.630. The van der Waals surface area contributed by atoms with Gasteiger partial charge >= 0.3 is 5.69 Å². The van der Waals surface area contributed by atoms with Gasteiger partial charge in [0.05, 0.1) is 10.5 Å². The number of carbonyl (C=O) groups is 1. The van der Waals surface area contributed by atoms with Crippen molar-refractivity contribution in [1.29, 1.82) is 0 Å². The van der Waals surface area contributed by atoms with E-state index in [1.54, 1.807) is 18.3 Å². The number of nitrogens with one attached hydrogen (secondary N) is 2.